The molecular weight excluding hydrogens is 334 g/mol. The first-order chi connectivity index (χ1) is 9.61. The van der Waals surface area contributed by atoms with E-state index in [1.165, 1.54) is 16.0 Å². The van der Waals surface area contributed by atoms with Gasteiger partial charge in [-0.15, -0.1) is 11.3 Å². The molecule has 3 aromatic heterocycles. The van der Waals surface area contributed by atoms with Crippen LogP contribution in [0.5, 0.6) is 0 Å². The van der Waals surface area contributed by atoms with Crippen LogP contribution in [0.1, 0.15) is 4.88 Å². The molecule has 0 saturated carbocycles. The molecule has 0 unspecified atom stereocenters. The van der Waals surface area contributed by atoms with Crippen molar-refractivity contribution in [2.45, 2.75) is 6.92 Å². The summed E-state index contributed by atoms with van der Waals surface area (Å²) in [4.78, 5) is 22.1. The molecule has 0 aliphatic rings. The van der Waals surface area contributed by atoms with Crippen molar-refractivity contribution in [3.63, 3.8) is 0 Å². The van der Waals surface area contributed by atoms with Crippen LogP contribution in [0, 0.1) is 17.0 Å². The van der Waals surface area contributed by atoms with Crippen molar-refractivity contribution < 1.29 is 4.92 Å². The van der Waals surface area contributed by atoms with E-state index in [0.717, 1.165) is 20.9 Å². The van der Waals surface area contributed by atoms with Gasteiger partial charge in [0.15, 0.2) is 0 Å². The lowest BCUT2D eigenvalue weighted by atomic mass is 10.4. The highest BCUT2D eigenvalue weighted by molar-refractivity contribution is 7.70. The molecule has 0 atom stereocenters. The van der Waals surface area contributed by atoms with Crippen molar-refractivity contribution in [1.82, 2.24) is 4.98 Å². The summed E-state index contributed by atoms with van der Waals surface area (Å²) in [5, 5.41) is 11.0. The average molecular weight is 341 g/mol. The first-order valence-electron chi connectivity index (χ1n) is 5.44. The molecule has 0 radical (unpaired) electrons. The highest BCUT2D eigenvalue weighted by Gasteiger charge is 2.11. The lowest BCUT2D eigenvalue weighted by molar-refractivity contribution is -0.380. The Balaban J connectivity index is 1.92. The summed E-state index contributed by atoms with van der Waals surface area (Å²) >= 11 is 2.72. The fraction of sp³-hybridized carbons (Fsp3) is 0.0909. The van der Waals surface area contributed by atoms with Crippen LogP contribution in [-0.4, -0.2) is 9.91 Å². The van der Waals surface area contributed by atoms with Gasteiger partial charge in [0.05, 0.1) is 9.80 Å². The number of nitrogens with zero attached hydrogens (tertiary/aromatic N) is 3. The van der Waals surface area contributed by atoms with Crippen LogP contribution in [0.25, 0.3) is 9.75 Å². The molecule has 3 rings (SSSR count). The molecule has 5 nitrogen and oxygen atoms in total. The van der Waals surface area contributed by atoms with Gasteiger partial charge in [0.2, 0.25) is 5.13 Å². The Kier molecular flexibility index (Phi) is 3.74. The Morgan fingerprint density at radius 1 is 1.25 bits per heavy atom. The topological polar surface area (TPSA) is 68.4 Å². The van der Waals surface area contributed by atoms with Crippen molar-refractivity contribution in [3.05, 3.63) is 44.1 Å². The second kappa shape index (κ2) is 5.52. The predicted octanol–water partition coefficient (Wildman–Crippen LogP) is 4.44. The third kappa shape index (κ3) is 2.85. The van der Waals surface area contributed by atoms with E-state index in [2.05, 4.69) is 29.0 Å². The molecular formula is C11H7N3O2S4. The molecule has 102 valence electrons. The molecule has 20 heavy (non-hydrogen) atoms. The van der Waals surface area contributed by atoms with Crippen LogP contribution in [0.15, 0.2) is 29.4 Å². The maximum Gasteiger partial charge on any atom is 0.345 e. The minimum absolute atomic E-state index is 0.0121. The fourth-order valence-corrected chi connectivity index (χ4v) is 5.37. The van der Waals surface area contributed by atoms with E-state index in [-0.39, 0.29) is 5.00 Å². The molecule has 0 bridgehead atoms. The van der Waals surface area contributed by atoms with Crippen molar-refractivity contribution in [1.29, 1.82) is 0 Å². The number of aryl methyl sites for hydroxylation is 1. The van der Waals surface area contributed by atoms with Gasteiger partial charge in [-0.05, 0) is 36.5 Å². The van der Waals surface area contributed by atoms with Gasteiger partial charge in [-0.1, -0.05) is 20.7 Å². The molecule has 0 spiro atoms. The van der Waals surface area contributed by atoms with Crippen LogP contribution in [0.4, 0.5) is 10.1 Å². The van der Waals surface area contributed by atoms with Crippen LogP contribution in [0.2, 0.25) is 0 Å². The number of rotatable bonds is 3. The summed E-state index contributed by atoms with van der Waals surface area (Å²) in [5.74, 6) is 0. The average Bonchev–Trinajstić information content (AvgIpc) is 3.09. The van der Waals surface area contributed by atoms with E-state index >= 15 is 0 Å². The van der Waals surface area contributed by atoms with Crippen LogP contribution in [0.3, 0.4) is 0 Å². The summed E-state index contributed by atoms with van der Waals surface area (Å²) in [7, 11) is 3.19. The number of thiazole rings is 1. The lowest BCUT2D eigenvalue weighted by Crippen LogP contribution is -1.87. The van der Waals surface area contributed by atoms with Gasteiger partial charge in [-0.25, -0.2) is 9.98 Å². The van der Waals surface area contributed by atoms with Crippen molar-refractivity contribution in [2.24, 2.45) is 4.99 Å². The standard InChI is InChI=1S/C11H7N3O2S4/c1-6-2-3-7(17-6)8-4-9(20-19-8)13-11-12-5-10(18-11)14(15)16/h2-5H,1H3. The van der Waals surface area contributed by atoms with Crippen LogP contribution < -0.4 is 4.67 Å². The quantitative estimate of drug-likeness (QED) is 0.402. The number of aromatic nitrogens is 1. The maximum absolute atomic E-state index is 10.6. The van der Waals surface area contributed by atoms with Crippen LogP contribution >= 0.6 is 43.4 Å². The molecule has 0 saturated heterocycles. The molecule has 9 heteroatoms. The summed E-state index contributed by atoms with van der Waals surface area (Å²) in [5.41, 5.74) is 0. The van der Waals surface area contributed by atoms with E-state index in [0.29, 0.717) is 5.13 Å². The lowest BCUT2D eigenvalue weighted by Gasteiger charge is -1.85. The zero-order chi connectivity index (χ0) is 14.1. The second-order valence-corrected chi connectivity index (χ2v) is 8.24. The zero-order valence-electron chi connectivity index (χ0n) is 10.1. The van der Waals surface area contributed by atoms with Gasteiger partial charge in [0, 0.05) is 9.75 Å². The molecule has 3 heterocycles. The second-order valence-electron chi connectivity index (χ2n) is 3.77. The number of nitro groups is 1. The molecule has 0 aliphatic carbocycles. The summed E-state index contributed by atoms with van der Waals surface area (Å²) in [6.45, 7) is 2.07. The van der Waals surface area contributed by atoms with E-state index < -0.39 is 4.92 Å². The van der Waals surface area contributed by atoms with Gasteiger partial charge in [-0.2, -0.15) is 0 Å². The number of hydrogen-bond acceptors (Lipinski definition) is 8. The highest BCUT2D eigenvalue weighted by Crippen LogP contribution is 2.32. The number of hydrogen-bond donors (Lipinski definition) is 0. The van der Waals surface area contributed by atoms with E-state index in [4.69, 9.17) is 0 Å². The zero-order valence-corrected chi connectivity index (χ0v) is 13.4. The third-order valence-electron chi connectivity index (χ3n) is 2.32. The molecule has 3 aromatic rings. The molecule has 0 N–H and O–H groups in total. The normalized spacial score (nSPS) is 11.9. The van der Waals surface area contributed by atoms with Crippen molar-refractivity contribution >= 4 is 53.5 Å². The summed E-state index contributed by atoms with van der Waals surface area (Å²) < 4.78 is 0.820. The monoisotopic (exact) mass is 341 g/mol. The van der Waals surface area contributed by atoms with E-state index in [1.807, 2.05) is 6.07 Å². The molecule has 0 aromatic carbocycles. The first-order valence-corrected chi connectivity index (χ1v) is 9.22. The van der Waals surface area contributed by atoms with Gasteiger partial charge in [-0.3, -0.25) is 10.1 Å². The third-order valence-corrected chi connectivity index (χ3v) is 6.61. The SMILES string of the molecule is Cc1ccc(-c2cc(=Nc3ncc([N+](=O)[O-])s3)ss2)s1. The fourth-order valence-electron chi connectivity index (χ4n) is 1.46. The Morgan fingerprint density at radius 3 is 2.75 bits per heavy atom. The first kappa shape index (κ1) is 13.6. The minimum Gasteiger partial charge on any atom is -0.257 e. The predicted molar refractivity (Wildman–Crippen MR) is 84.2 cm³/mol. The Labute approximate surface area is 129 Å². The van der Waals surface area contributed by atoms with E-state index in [9.17, 15) is 10.1 Å². The molecule has 0 amide bonds. The van der Waals surface area contributed by atoms with Gasteiger partial charge < -0.3 is 0 Å². The number of thiophene rings is 1. The molecule has 0 aliphatic heterocycles. The highest BCUT2D eigenvalue weighted by atomic mass is 32.9. The van der Waals surface area contributed by atoms with Crippen LogP contribution in [-0.2, 0) is 0 Å². The summed E-state index contributed by atoms with van der Waals surface area (Å²) in [6.07, 6.45) is 1.24. The van der Waals surface area contributed by atoms with Crippen molar-refractivity contribution in [2.75, 3.05) is 0 Å². The molecule has 0 fully saturated rings. The van der Waals surface area contributed by atoms with Gasteiger partial charge in [0.25, 0.3) is 0 Å². The Hall–Kier alpha value is -1.42. The van der Waals surface area contributed by atoms with Gasteiger partial charge in [0.1, 0.15) is 10.9 Å². The summed E-state index contributed by atoms with van der Waals surface area (Å²) in [6, 6.07) is 6.18. The Bertz CT molecular complexity index is 826. The van der Waals surface area contributed by atoms with E-state index in [1.54, 1.807) is 32.0 Å². The van der Waals surface area contributed by atoms with Crippen molar-refractivity contribution in [3.8, 4) is 9.75 Å². The largest absolute Gasteiger partial charge is 0.345 e. The minimum atomic E-state index is -0.451. The maximum atomic E-state index is 10.6. The van der Waals surface area contributed by atoms with Gasteiger partial charge >= 0.3 is 5.00 Å². The smallest absolute Gasteiger partial charge is 0.257 e. The Morgan fingerprint density at radius 2 is 2.10 bits per heavy atom.